The third kappa shape index (κ3) is 3.38. The smallest absolute Gasteiger partial charge is 0.192 e. The van der Waals surface area contributed by atoms with E-state index in [-0.39, 0.29) is 28.6 Å². The lowest BCUT2D eigenvalue weighted by Gasteiger charge is -2.57. The van der Waals surface area contributed by atoms with Gasteiger partial charge in [0.2, 0.25) is 0 Å². The average Bonchev–Trinajstić information content (AvgIpc) is 2.55. The van der Waals surface area contributed by atoms with Crippen molar-refractivity contribution in [2.45, 2.75) is 90.0 Å². The van der Waals surface area contributed by atoms with Crippen molar-refractivity contribution in [3.05, 3.63) is 29.3 Å². The van der Waals surface area contributed by atoms with E-state index in [1.807, 2.05) is 12.1 Å². The molecule has 2 N–H and O–H groups in total. The van der Waals surface area contributed by atoms with Crippen LogP contribution in [0.25, 0.3) is 0 Å². The zero-order valence-electron chi connectivity index (χ0n) is 18.2. The molecule has 27 heavy (non-hydrogen) atoms. The van der Waals surface area contributed by atoms with Gasteiger partial charge < -0.3 is 14.6 Å². The summed E-state index contributed by atoms with van der Waals surface area (Å²) in [5, 5.41) is 20.6. The molecule has 0 amide bonds. The van der Waals surface area contributed by atoms with Crippen LogP contribution in [0.4, 0.5) is 0 Å². The Morgan fingerprint density at radius 3 is 2.44 bits per heavy atom. The Balaban J connectivity index is 2.11. The van der Waals surface area contributed by atoms with Crippen LogP contribution in [0.15, 0.2) is 18.2 Å². The quantitative estimate of drug-likeness (QED) is 0.630. The summed E-state index contributed by atoms with van der Waals surface area (Å²) in [6.07, 6.45) is 4.27. The van der Waals surface area contributed by atoms with Gasteiger partial charge in [0, 0.05) is 6.61 Å². The van der Waals surface area contributed by atoms with Gasteiger partial charge in [-0.25, -0.2) is 0 Å². The Labute approximate surface area is 166 Å². The second-order valence-electron chi connectivity index (χ2n) is 11.0. The van der Waals surface area contributed by atoms with Crippen LogP contribution in [0, 0.1) is 11.3 Å². The Morgan fingerprint density at radius 2 is 1.85 bits per heavy atom. The summed E-state index contributed by atoms with van der Waals surface area (Å²) in [6.45, 7) is 16.3. The zero-order chi connectivity index (χ0) is 20.3. The van der Waals surface area contributed by atoms with Gasteiger partial charge in [-0.15, -0.1) is 0 Å². The number of phenols is 1. The molecule has 3 rings (SSSR count). The van der Waals surface area contributed by atoms with Crippen LogP contribution < -0.4 is 0 Å². The maximum absolute atomic E-state index is 10.3. The fourth-order valence-corrected chi connectivity index (χ4v) is 6.64. The Kier molecular flexibility index (Phi) is 5.11. The molecule has 1 saturated carbocycles. The second kappa shape index (κ2) is 6.60. The van der Waals surface area contributed by atoms with Gasteiger partial charge in [-0.3, -0.25) is 0 Å². The summed E-state index contributed by atoms with van der Waals surface area (Å²) >= 11 is 0. The first kappa shape index (κ1) is 20.9. The van der Waals surface area contributed by atoms with Crippen molar-refractivity contribution in [2.24, 2.45) is 11.3 Å². The van der Waals surface area contributed by atoms with Crippen molar-refractivity contribution in [1.82, 2.24) is 0 Å². The molecule has 0 unspecified atom stereocenters. The van der Waals surface area contributed by atoms with Gasteiger partial charge in [0.05, 0.1) is 6.10 Å². The predicted molar refractivity (Wildman–Crippen MR) is 114 cm³/mol. The van der Waals surface area contributed by atoms with Crippen LogP contribution in [0.2, 0.25) is 18.1 Å². The molecule has 4 heteroatoms. The van der Waals surface area contributed by atoms with Crippen LogP contribution in [-0.2, 0) is 9.84 Å². The number of fused-ring (bicyclic) bond motifs is 3. The van der Waals surface area contributed by atoms with Gasteiger partial charge in [-0.2, -0.15) is 0 Å². The van der Waals surface area contributed by atoms with E-state index in [1.165, 1.54) is 11.1 Å². The first-order valence-corrected chi connectivity index (χ1v) is 13.4. The van der Waals surface area contributed by atoms with E-state index in [2.05, 4.69) is 53.8 Å². The highest BCUT2D eigenvalue weighted by Gasteiger charge is 2.54. The number of aliphatic hydroxyl groups excluding tert-OH is 1. The largest absolute Gasteiger partial charge is 0.508 e. The molecule has 152 valence electrons. The highest BCUT2D eigenvalue weighted by Crippen LogP contribution is 2.60. The van der Waals surface area contributed by atoms with Crippen molar-refractivity contribution in [1.29, 1.82) is 0 Å². The van der Waals surface area contributed by atoms with Crippen molar-refractivity contribution in [3.8, 4) is 5.75 Å². The van der Waals surface area contributed by atoms with Crippen LogP contribution in [0.3, 0.4) is 0 Å². The van der Waals surface area contributed by atoms with Crippen molar-refractivity contribution >= 4 is 8.32 Å². The summed E-state index contributed by atoms with van der Waals surface area (Å²) < 4.78 is 6.90. The van der Waals surface area contributed by atoms with Crippen molar-refractivity contribution in [3.63, 3.8) is 0 Å². The molecule has 2 aliphatic carbocycles. The Morgan fingerprint density at radius 1 is 1.19 bits per heavy atom. The van der Waals surface area contributed by atoms with E-state index in [1.54, 1.807) is 0 Å². The highest BCUT2D eigenvalue weighted by molar-refractivity contribution is 6.74. The summed E-state index contributed by atoms with van der Waals surface area (Å²) in [4.78, 5) is 0. The summed E-state index contributed by atoms with van der Waals surface area (Å²) in [5.41, 5.74) is 2.45. The summed E-state index contributed by atoms with van der Waals surface area (Å²) in [7, 11) is -1.96. The van der Waals surface area contributed by atoms with Crippen LogP contribution >= 0.6 is 0 Å². The third-order valence-electron chi connectivity index (χ3n) is 8.11. The van der Waals surface area contributed by atoms with Crippen molar-refractivity contribution in [2.75, 3.05) is 6.61 Å². The number of aromatic hydroxyl groups is 1. The predicted octanol–water partition coefficient (Wildman–Crippen LogP) is 5.92. The molecule has 0 heterocycles. The lowest BCUT2D eigenvalue weighted by Crippen LogP contribution is -2.53. The molecule has 2 aliphatic rings. The molecular weight excluding hydrogens is 352 g/mol. The summed E-state index contributed by atoms with van der Waals surface area (Å²) in [6, 6.07) is 5.86. The van der Waals surface area contributed by atoms with Crippen molar-refractivity contribution < 1.29 is 14.6 Å². The zero-order valence-corrected chi connectivity index (χ0v) is 19.2. The number of aliphatic hydroxyl groups is 1. The van der Waals surface area contributed by atoms with Crippen LogP contribution in [-0.4, -0.2) is 25.1 Å². The molecule has 0 radical (unpaired) electrons. The molecule has 4 atom stereocenters. The fourth-order valence-electron chi connectivity index (χ4n) is 5.35. The van der Waals surface area contributed by atoms with Crippen LogP contribution in [0.5, 0.6) is 5.75 Å². The number of benzene rings is 1. The normalized spacial score (nSPS) is 34.1. The molecule has 1 aromatic carbocycles. The second-order valence-corrected chi connectivity index (χ2v) is 15.8. The minimum Gasteiger partial charge on any atom is -0.508 e. The Hall–Kier alpha value is -0.843. The van der Waals surface area contributed by atoms with Crippen LogP contribution in [0.1, 0.15) is 77.5 Å². The number of phenolic OH excluding ortho intramolecular Hbond substituents is 1. The molecule has 0 saturated heterocycles. The van der Waals surface area contributed by atoms with Gasteiger partial charge >= 0.3 is 0 Å². The molecule has 1 aromatic rings. The van der Waals surface area contributed by atoms with E-state index in [0.29, 0.717) is 11.7 Å². The SMILES string of the molecule is CC(C)(C)[Si](C)(C)O[C@@H]1C[C@H]2[C@@](C)(CO)CCC[C@]2(C)c2ccc(O)cc21. The average molecular weight is 391 g/mol. The number of rotatable bonds is 3. The first-order chi connectivity index (χ1) is 12.3. The molecular formula is C23H38O3Si. The fraction of sp³-hybridized carbons (Fsp3) is 0.739. The monoisotopic (exact) mass is 390 g/mol. The van der Waals surface area contributed by atoms with Gasteiger partial charge in [-0.05, 0) is 77.4 Å². The van der Waals surface area contributed by atoms with E-state index in [4.69, 9.17) is 4.43 Å². The standard InChI is InChI=1S/C23H38O3Si/c1-21(2,3)27(6,7)26-19-14-20-22(4,15-24)11-8-12-23(20,5)18-10-9-16(25)13-17(18)19/h9-10,13,19-20,24-25H,8,11-12,14-15H2,1-7H3/t19-,20+,22-,23-/m1/s1. The van der Waals surface area contributed by atoms with Gasteiger partial charge in [0.1, 0.15) is 5.75 Å². The van der Waals surface area contributed by atoms with E-state index < -0.39 is 8.32 Å². The molecule has 1 fully saturated rings. The van der Waals surface area contributed by atoms with E-state index in [9.17, 15) is 10.2 Å². The topological polar surface area (TPSA) is 49.7 Å². The Bertz CT molecular complexity index is 708. The van der Waals surface area contributed by atoms with Gasteiger partial charge in [0.15, 0.2) is 8.32 Å². The summed E-state index contributed by atoms with van der Waals surface area (Å²) in [5.74, 6) is 0.705. The highest BCUT2D eigenvalue weighted by atomic mass is 28.4. The molecule has 0 aliphatic heterocycles. The molecule has 0 bridgehead atoms. The van der Waals surface area contributed by atoms with E-state index in [0.717, 1.165) is 25.7 Å². The number of hydrogen-bond donors (Lipinski definition) is 2. The minimum atomic E-state index is -1.96. The first-order valence-electron chi connectivity index (χ1n) is 10.5. The number of hydrogen-bond acceptors (Lipinski definition) is 3. The maximum atomic E-state index is 10.3. The lowest BCUT2D eigenvalue weighted by atomic mass is 9.49. The molecule has 3 nitrogen and oxygen atoms in total. The van der Waals surface area contributed by atoms with Gasteiger partial charge in [-0.1, -0.05) is 47.1 Å². The lowest BCUT2D eigenvalue weighted by molar-refractivity contribution is -0.0438. The maximum Gasteiger partial charge on any atom is 0.192 e. The van der Waals surface area contributed by atoms with Gasteiger partial charge in [0.25, 0.3) is 0 Å². The molecule has 0 aromatic heterocycles. The minimum absolute atomic E-state index is 0.00459. The third-order valence-corrected chi connectivity index (χ3v) is 12.6. The molecule has 0 spiro atoms. The van der Waals surface area contributed by atoms with E-state index >= 15 is 0 Å².